The minimum Gasteiger partial charge on any atom is -0.326 e. The van der Waals surface area contributed by atoms with Gasteiger partial charge in [0.05, 0.1) is 0 Å². The lowest BCUT2D eigenvalue weighted by Gasteiger charge is -2.31. The predicted molar refractivity (Wildman–Crippen MR) is 75.7 cm³/mol. The molecular weight excluding hydrogens is 248 g/mol. The summed E-state index contributed by atoms with van der Waals surface area (Å²) < 4.78 is 0. The Morgan fingerprint density at radius 1 is 1.39 bits per heavy atom. The van der Waals surface area contributed by atoms with E-state index in [9.17, 15) is 9.59 Å². The van der Waals surface area contributed by atoms with E-state index in [0.29, 0.717) is 18.7 Å². The molecular formula is C13H24N2O2S. The van der Waals surface area contributed by atoms with E-state index in [2.05, 4.69) is 38.7 Å². The van der Waals surface area contributed by atoms with Gasteiger partial charge in [-0.3, -0.25) is 9.69 Å². The molecule has 1 aliphatic heterocycles. The molecule has 1 heterocycles. The van der Waals surface area contributed by atoms with Crippen molar-refractivity contribution in [2.75, 3.05) is 12.3 Å². The van der Waals surface area contributed by atoms with E-state index in [1.165, 1.54) is 4.90 Å². The number of nitrogens with zero attached hydrogens (tertiary/aromatic N) is 1. The first kappa shape index (κ1) is 15.3. The Bertz CT molecular complexity index is 325. The third-order valence-corrected chi connectivity index (χ3v) is 3.97. The van der Waals surface area contributed by atoms with Crippen molar-refractivity contribution in [3.05, 3.63) is 0 Å². The Morgan fingerprint density at radius 2 is 2.00 bits per heavy atom. The molecule has 18 heavy (non-hydrogen) atoms. The molecule has 0 radical (unpaired) electrons. The Labute approximate surface area is 115 Å². The molecule has 1 N–H and O–H groups in total. The molecule has 0 spiro atoms. The van der Waals surface area contributed by atoms with Crippen LogP contribution in [-0.2, 0) is 4.79 Å². The highest BCUT2D eigenvalue weighted by molar-refractivity contribution is 7.80. The Kier molecular flexibility index (Phi) is 5.08. The molecule has 2 unspecified atom stereocenters. The first-order chi connectivity index (χ1) is 8.31. The van der Waals surface area contributed by atoms with Gasteiger partial charge in [0.25, 0.3) is 5.91 Å². The third-order valence-electron chi connectivity index (χ3n) is 3.53. The highest BCUT2D eigenvalue weighted by Gasteiger charge is 2.39. The van der Waals surface area contributed by atoms with Crippen molar-refractivity contribution in [2.45, 2.75) is 46.6 Å². The zero-order valence-electron chi connectivity index (χ0n) is 11.7. The molecule has 0 aromatic carbocycles. The molecule has 1 saturated heterocycles. The summed E-state index contributed by atoms with van der Waals surface area (Å²) in [7, 11) is 0. The van der Waals surface area contributed by atoms with Crippen LogP contribution in [-0.4, -0.2) is 35.2 Å². The fourth-order valence-corrected chi connectivity index (χ4v) is 2.72. The van der Waals surface area contributed by atoms with Gasteiger partial charge in [0.2, 0.25) is 0 Å². The summed E-state index contributed by atoms with van der Waals surface area (Å²) in [5.74, 6) is 0.785. The van der Waals surface area contributed by atoms with Crippen LogP contribution in [0.4, 0.5) is 4.79 Å². The number of urea groups is 1. The van der Waals surface area contributed by atoms with Gasteiger partial charge in [0.15, 0.2) is 0 Å². The quantitative estimate of drug-likeness (QED) is 0.596. The van der Waals surface area contributed by atoms with E-state index in [1.54, 1.807) is 0 Å². The van der Waals surface area contributed by atoms with Gasteiger partial charge >= 0.3 is 6.03 Å². The number of imide groups is 1. The van der Waals surface area contributed by atoms with Crippen LogP contribution in [0.5, 0.6) is 0 Å². The summed E-state index contributed by atoms with van der Waals surface area (Å²) in [4.78, 5) is 25.3. The number of hydrogen-bond acceptors (Lipinski definition) is 3. The van der Waals surface area contributed by atoms with Gasteiger partial charge in [-0.2, -0.15) is 12.6 Å². The minimum absolute atomic E-state index is 0.0329. The zero-order chi connectivity index (χ0) is 13.9. The van der Waals surface area contributed by atoms with E-state index in [1.807, 2.05) is 6.92 Å². The molecule has 0 aromatic rings. The van der Waals surface area contributed by atoms with Crippen molar-refractivity contribution in [1.29, 1.82) is 0 Å². The monoisotopic (exact) mass is 272 g/mol. The van der Waals surface area contributed by atoms with Crippen LogP contribution in [0.2, 0.25) is 0 Å². The molecule has 0 bridgehead atoms. The number of rotatable bonds is 5. The second-order valence-corrected chi connectivity index (χ2v) is 6.35. The molecule has 0 saturated carbocycles. The molecule has 0 aromatic heterocycles. The zero-order valence-corrected chi connectivity index (χ0v) is 12.6. The van der Waals surface area contributed by atoms with Crippen LogP contribution < -0.4 is 5.32 Å². The Morgan fingerprint density at radius 3 is 2.44 bits per heavy atom. The van der Waals surface area contributed by atoms with Gasteiger partial charge in [-0.1, -0.05) is 34.1 Å². The van der Waals surface area contributed by atoms with Crippen LogP contribution in [0.25, 0.3) is 0 Å². The van der Waals surface area contributed by atoms with Gasteiger partial charge in [-0.25, -0.2) is 4.79 Å². The van der Waals surface area contributed by atoms with Crippen LogP contribution in [0.1, 0.15) is 40.5 Å². The average Bonchev–Trinajstić information content (AvgIpc) is 2.51. The smallest absolute Gasteiger partial charge is 0.324 e. The molecule has 1 aliphatic rings. The van der Waals surface area contributed by atoms with Crippen LogP contribution >= 0.6 is 12.6 Å². The van der Waals surface area contributed by atoms with Crippen LogP contribution in [0, 0.1) is 11.3 Å². The summed E-state index contributed by atoms with van der Waals surface area (Å²) in [5.41, 5.74) is 0.0329. The van der Waals surface area contributed by atoms with Gasteiger partial charge in [0, 0.05) is 6.54 Å². The maximum Gasteiger partial charge on any atom is 0.324 e. The van der Waals surface area contributed by atoms with E-state index >= 15 is 0 Å². The summed E-state index contributed by atoms with van der Waals surface area (Å²) in [6.07, 6.45) is 1.60. The normalized spacial score (nSPS) is 22.3. The topological polar surface area (TPSA) is 49.4 Å². The molecule has 5 heteroatoms. The standard InChI is InChI=1S/C13H24N2O2S/c1-5-6-10-11(16)15(12(17)14-10)7-9(8-18)13(2,3)4/h9-10,18H,5-8H2,1-4H3,(H,14,17). The van der Waals surface area contributed by atoms with Crippen molar-refractivity contribution in [1.82, 2.24) is 10.2 Å². The van der Waals surface area contributed by atoms with E-state index < -0.39 is 0 Å². The number of amides is 3. The summed E-state index contributed by atoms with van der Waals surface area (Å²) in [6.45, 7) is 8.78. The van der Waals surface area contributed by atoms with E-state index in [-0.39, 0.29) is 29.3 Å². The van der Waals surface area contributed by atoms with Crippen molar-refractivity contribution < 1.29 is 9.59 Å². The highest BCUT2D eigenvalue weighted by atomic mass is 32.1. The predicted octanol–water partition coefficient (Wildman–Crippen LogP) is 2.30. The van der Waals surface area contributed by atoms with Gasteiger partial charge in [0.1, 0.15) is 6.04 Å². The maximum atomic E-state index is 12.1. The first-order valence-corrected chi connectivity index (χ1v) is 7.17. The van der Waals surface area contributed by atoms with Crippen molar-refractivity contribution in [3.63, 3.8) is 0 Å². The Balaban J connectivity index is 2.72. The Hall–Kier alpha value is -0.710. The van der Waals surface area contributed by atoms with E-state index in [0.717, 1.165) is 6.42 Å². The number of hydrogen-bond donors (Lipinski definition) is 2. The molecule has 4 nitrogen and oxygen atoms in total. The number of thiol groups is 1. The van der Waals surface area contributed by atoms with E-state index in [4.69, 9.17) is 0 Å². The first-order valence-electron chi connectivity index (χ1n) is 6.54. The SMILES string of the molecule is CCCC1NC(=O)N(CC(CS)C(C)(C)C)C1=O. The maximum absolute atomic E-state index is 12.1. The van der Waals surface area contributed by atoms with Crippen LogP contribution in [0.15, 0.2) is 0 Å². The summed E-state index contributed by atoms with van der Waals surface area (Å²) in [6, 6.07) is -0.586. The second-order valence-electron chi connectivity index (χ2n) is 5.99. The summed E-state index contributed by atoms with van der Waals surface area (Å²) >= 11 is 4.34. The fraction of sp³-hybridized carbons (Fsp3) is 0.846. The molecule has 104 valence electrons. The third kappa shape index (κ3) is 3.40. The number of carbonyl (C=O) groups excluding carboxylic acids is 2. The molecule has 3 amide bonds. The molecule has 2 atom stereocenters. The summed E-state index contributed by atoms with van der Waals surface area (Å²) in [5, 5.41) is 2.75. The average molecular weight is 272 g/mol. The molecule has 0 aliphatic carbocycles. The lowest BCUT2D eigenvalue weighted by Crippen LogP contribution is -2.40. The lowest BCUT2D eigenvalue weighted by atomic mass is 9.81. The van der Waals surface area contributed by atoms with Gasteiger partial charge < -0.3 is 5.32 Å². The highest BCUT2D eigenvalue weighted by Crippen LogP contribution is 2.28. The van der Waals surface area contributed by atoms with Crippen molar-refractivity contribution in [2.24, 2.45) is 11.3 Å². The minimum atomic E-state index is -0.331. The van der Waals surface area contributed by atoms with Gasteiger partial charge in [-0.05, 0) is 23.5 Å². The number of nitrogens with one attached hydrogen (secondary N) is 1. The van der Waals surface area contributed by atoms with Gasteiger partial charge in [-0.15, -0.1) is 0 Å². The van der Waals surface area contributed by atoms with Crippen LogP contribution in [0.3, 0.4) is 0 Å². The molecule has 1 rings (SSSR count). The van der Waals surface area contributed by atoms with Crippen molar-refractivity contribution in [3.8, 4) is 0 Å². The molecule has 1 fully saturated rings. The second kappa shape index (κ2) is 5.95. The van der Waals surface area contributed by atoms with Crippen molar-refractivity contribution >= 4 is 24.6 Å². The lowest BCUT2D eigenvalue weighted by molar-refractivity contribution is -0.128. The fourth-order valence-electron chi connectivity index (χ4n) is 2.06. The number of carbonyl (C=O) groups is 2. The largest absolute Gasteiger partial charge is 0.326 e.